The van der Waals surface area contributed by atoms with E-state index in [9.17, 15) is 0 Å². The second kappa shape index (κ2) is 10.4. The van der Waals surface area contributed by atoms with Gasteiger partial charge in [-0.3, -0.25) is 0 Å². The van der Waals surface area contributed by atoms with Crippen molar-refractivity contribution in [2.45, 2.75) is 19.9 Å². The number of fused-ring (bicyclic) bond motifs is 3. The number of hydrogen-bond donors (Lipinski definition) is 0. The van der Waals surface area contributed by atoms with E-state index in [-0.39, 0.29) is 0 Å². The van der Waals surface area contributed by atoms with E-state index in [4.69, 9.17) is 4.74 Å². The zero-order valence-electron chi connectivity index (χ0n) is 18.8. The van der Waals surface area contributed by atoms with Crippen LogP contribution in [0.3, 0.4) is 0 Å². The van der Waals surface area contributed by atoms with Crippen LogP contribution in [0.15, 0.2) is 78.9 Å². The van der Waals surface area contributed by atoms with Gasteiger partial charge in [0.05, 0.1) is 20.7 Å². The fourth-order valence-electron chi connectivity index (χ4n) is 4.01. The molecule has 3 aromatic rings. The molecule has 2 heteroatoms. The van der Waals surface area contributed by atoms with Crippen molar-refractivity contribution in [3.63, 3.8) is 0 Å². The van der Waals surface area contributed by atoms with Crippen molar-refractivity contribution in [2.75, 3.05) is 34.4 Å². The molecule has 30 heavy (non-hydrogen) atoms. The summed E-state index contributed by atoms with van der Waals surface area (Å²) in [5.74, 6) is 0. The lowest BCUT2D eigenvalue weighted by Crippen LogP contribution is -2.41. The lowest BCUT2D eigenvalue weighted by Gasteiger charge is -2.29. The van der Waals surface area contributed by atoms with Gasteiger partial charge in [-0.1, -0.05) is 84.9 Å². The first-order chi connectivity index (χ1) is 14.5. The van der Waals surface area contributed by atoms with Gasteiger partial charge in [0.15, 0.2) is 0 Å². The van der Waals surface area contributed by atoms with E-state index in [1.807, 2.05) is 0 Å². The molecule has 1 aliphatic rings. The monoisotopic (exact) mass is 400 g/mol. The maximum atomic E-state index is 5.10. The number of quaternary nitrogens is 1. The van der Waals surface area contributed by atoms with Crippen molar-refractivity contribution in [3.8, 4) is 11.1 Å². The Morgan fingerprint density at radius 3 is 2.30 bits per heavy atom. The number of nitrogens with zero attached hydrogens (tertiary/aromatic N) is 1. The molecular weight excluding hydrogens is 366 g/mol. The van der Waals surface area contributed by atoms with Crippen molar-refractivity contribution >= 4 is 6.08 Å². The van der Waals surface area contributed by atoms with Crippen molar-refractivity contribution in [2.24, 2.45) is 0 Å². The van der Waals surface area contributed by atoms with Crippen LogP contribution < -0.4 is 0 Å². The zero-order chi connectivity index (χ0) is 21.4. The molecule has 0 aromatic heterocycles. The molecule has 0 unspecified atom stereocenters. The molecular formula is C28H34NO+. The van der Waals surface area contributed by atoms with Crippen LogP contribution in [0.1, 0.15) is 29.2 Å². The second-order valence-electron chi connectivity index (χ2n) is 8.50. The van der Waals surface area contributed by atoms with Crippen LogP contribution >= 0.6 is 0 Å². The lowest BCUT2D eigenvalue weighted by atomic mass is 10.0. The first-order valence-corrected chi connectivity index (χ1v) is 10.7. The molecule has 0 N–H and O–H groups in total. The van der Waals surface area contributed by atoms with Crippen LogP contribution in [0, 0.1) is 0 Å². The van der Waals surface area contributed by atoms with Crippen LogP contribution in [0.2, 0.25) is 0 Å². The van der Waals surface area contributed by atoms with Gasteiger partial charge in [0.25, 0.3) is 0 Å². The van der Waals surface area contributed by atoms with Crippen LogP contribution in [-0.4, -0.2) is 38.8 Å². The predicted molar refractivity (Wildman–Crippen MR) is 128 cm³/mol. The van der Waals surface area contributed by atoms with E-state index < -0.39 is 0 Å². The molecule has 0 bridgehead atoms. The quantitative estimate of drug-likeness (QED) is 0.350. The summed E-state index contributed by atoms with van der Waals surface area (Å²) in [6.45, 7) is 5.00. The molecule has 0 radical (unpaired) electrons. The first-order valence-electron chi connectivity index (χ1n) is 10.7. The van der Waals surface area contributed by atoms with Crippen molar-refractivity contribution < 1.29 is 9.22 Å². The highest BCUT2D eigenvalue weighted by atomic mass is 16.5. The van der Waals surface area contributed by atoms with Gasteiger partial charge in [0, 0.05) is 12.7 Å². The summed E-state index contributed by atoms with van der Waals surface area (Å²) in [4.78, 5) is 0. The average Bonchev–Trinajstić information content (AvgIpc) is 3.13. The molecule has 1 aliphatic carbocycles. The zero-order valence-corrected chi connectivity index (χ0v) is 18.8. The van der Waals surface area contributed by atoms with E-state index in [1.165, 1.54) is 33.4 Å². The van der Waals surface area contributed by atoms with Gasteiger partial charge in [-0.25, -0.2) is 0 Å². The highest BCUT2D eigenvalue weighted by molar-refractivity contribution is 5.80. The Bertz CT molecular complexity index is 973. The molecule has 156 valence electrons. The van der Waals surface area contributed by atoms with E-state index in [1.54, 1.807) is 7.11 Å². The summed E-state index contributed by atoms with van der Waals surface area (Å²) < 4.78 is 6.07. The predicted octanol–water partition coefficient (Wildman–Crippen LogP) is 6.20. The van der Waals surface area contributed by atoms with Gasteiger partial charge in [-0.15, -0.1) is 0 Å². The van der Waals surface area contributed by atoms with E-state index in [0.29, 0.717) is 0 Å². The normalized spacial score (nSPS) is 12.3. The number of ether oxygens (including phenoxy) is 1. The van der Waals surface area contributed by atoms with E-state index in [0.717, 1.165) is 30.6 Å². The van der Waals surface area contributed by atoms with Gasteiger partial charge >= 0.3 is 0 Å². The fourth-order valence-corrected chi connectivity index (χ4v) is 4.01. The third kappa shape index (κ3) is 5.69. The number of methoxy groups -OCH3 is 1. The molecule has 0 amide bonds. The van der Waals surface area contributed by atoms with E-state index in [2.05, 4.69) is 106 Å². The number of rotatable bonds is 6. The van der Waals surface area contributed by atoms with E-state index >= 15 is 0 Å². The summed E-state index contributed by atoms with van der Waals surface area (Å²) in [7, 11) is 6.21. The standard InChI is InChI=1S/C16H14.C12H20NO/c1-2-6-12-8-5-10-15-14-9-4-3-7-13(14)11-16(12)15;1-13(2,9-10-14-3)11-12-7-5-4-6-8-12/h2-10H,11H2,1H3;4-8H,9-11H2,1-3H3/q;+1. The Hall–Kier alpha value is -2.68. The van der Waals surface area contributed by atoms with Crippen LogP contribution in [-0.2, 0) is 17.7 Å². The minimum Gasteiger partial charge on any atom is -0.379 e. The number of hydrogen-bond acceptors (Lipinski definition) is 1. The average molecular weight is 401 g/mol. The Labute approximate surface area is 182 Å². The van der Waals surface area contributed by atoms with Crippen LogP contribution in [0.25, 0.3) is 17.2 Å². The van der Waals surface area contributed by atoms with Crippen LogP contribution in [0.4, 0.5) is 0 Å². The van der Waals surface area contributed by atoms with Crippen molar-refractivity contribution in [3.05, 3.63) is 101 Å². The van der Waals surface area contributed by atoms with Gasteiger partial charge in [0.2, 0.25) is 0 Å². The Morgan fingerprint density at radius 2 is 1.57 bits per heavy atom. The number of benzene rings is 3. The molecule has 0 saturated heterocycles. The molecule has 0 saturated carbocycles. The molecule has 0 heterocycles. The maximum Gasteiger partial charge on any atom is 0.104 e. The number of likely N-dealkylation sites (N-methyl/N-ethyl adjacent to an activating group) is 1. The molecule has 0 aliphatic heterocycles. The minimum atomic E-state index is 0.819. The summed E-state index contributed by atoms with van der Waals surface area (Å²) >= 11 is 0. The van der Waals surface area contributed by atoms with Gasteiger partial charge in [-0.05, 0) is 41.2 Å². The third-order valence-electron chi connectivity index (χ3n) is 5.59. The summed E-state index contributed by atoms with van der Waals surface area (Å²) in [6.07, 6.45) is 5.38. The highest BCUT2D eigenvalue weighted by Crippen LogP contribution is 2.38. The molecule has 0 fully saturated rings. The summed E-state index contributed by atoms with van der Waals surface area (Å²) in [6, 6.07) is 25.9. The minimum absolute atomic E-state index is 0.819. The molecule has 0 atom stereocenters. The van der Waals surface area contributed by atoms with Crippen molar-refractivity contribution in [1.29, 1.82) is 0 Å². The van der Waals surface area contributed by atoms with Crippen molar-refractivity contribution in [1.82, 2.24) is 0 Å². The largest absolute Gasteiger partial charge is 0.379 e. The smallest absolute Gasteiger partial charge is 0.104 e. The summed E-state index contributed by atoms with van der Waals surface area (Å²) in [5, 5.41) is 0. The Morgan fingerprint density at radius 1 is 0.867 bits per heavy atom. The highest BCUT2D eigenvalue weighted by Gasteiger charge is 2.19. The molecule has 4 rings (SSSR count). The third-order valence-corrected chi connectivity index (χ3v) is 5.59. The van der Waals surface area contributed by atoms with Gasteiger partial charge < -0.3 is 9.22 Å². The topological polar surface area (TPSA) is 9.23 Å². The van der Waals surface area contributed by atoms with Gasteiger partial charge in [-0.2, -0.15) is 0 Å². The SMILES string of the molecule is CC=Cc1cccc2c1Cc1ccccc1-2.COCC[N+](C)(C)Cc1ccccc1. The lowest BCUT2D eigenvalue weighted by molar-refractivity contribution is -0.903. The molecule has 0 spiro atoms. The Balaban J connectivity index is 0.000000173. The molecule has 2 nitrogen and oxygen atoms in total. The fraction of sp³-hybridized carbons (Fsp3) is 0.286. The van der Waals surface area contributed by atoms with Gasteiger partial charge in [0.1, 0.15) is 13.1 Å². The first kappa shape index (κ1) is 22.0. The number of allylic oxidation sites excluding steroid dienone is 1. The summed E-state index contributed by atoms with van der Waals surface area (Å²) in [5.41, 5.74) is 8.48. The Kier molecular flexibility index (Phi) is 7.62. The molecule has 3 aromatic carbocycles. The second-order valence-corrected chi connectivity index (χ2v) is 8.50. The maximum absolute atomic E-state index is 5.10. The van der Waals surface area contributed by atoms with Crippen LogP contribution in [0.5, 0.6) is 0 Å².